The van der Waals surface area contributed by atoms with Gasteiger partial charge in [0, 0.05) is 3.57 Å². The number of halogens is 3. The highest BCUT2D eigenvalue weighted by atomic mass is 127. The third-order valence-corrected chi connectivity index (χ3v) is 6.19. The fraction of sp³-hybridized carbons (Fsp3) is 0.130. The normalized spacial score (nSPS) is 15.5. The van der Waals surface area contributed by atoms with Crippen LogP contribution in [-0.2, 0) is 19.1 Å². The molecule has 0 aliphatic carbocycles. The third-order valence-electron chi connectivity index (χ3n) is 5.09. The molecule has 0 saturated carbocycles. The SMILES string of the molecule is COC(=O)C1=C(C(=O)OC)N(c2c(I)cc(Cl)c(F)c2C#N)C(N)=C(C#N)C1c1ccccc1. The second-order valence-corrected chi connectivity index (χ2v) is 8.39. The summed E-state index contributed by atoms with van der Waals surface area (Å²) in [7, 11) is 2.19. The molecule has 172 valence electrons. The van der Waals surface area contributed by atoms with Crippen molar-refractivity contribution in [3.63, 3.8) is 0 Å². The molecule has 2 aromatic carbocycles. The third kappa shape index (κ3) is 4.06. The Balaban J connectivity index is 2.54. The molecule has 0 amide bonds. The Morgan fingerprint density at radius 2 is 1.76 bits per heavy atom. The van der Waals surface area contributed by atoms with Gasteiger partial charge in [-0.25, -0.2) is 14.0 Å². The van der Waals surface area contributed by atoms with E-state index in [0.29, 0.717) is 5.56 Å². The van der Waals surface area contributed by atoms with Crippen molar-refractivity contribution in [3.05, 3.63) is 84.6 Å². The van der Waals surface area contributed by atoms with Crippen LogP contribution in [0.1, 0.15) is 17.0 Å². The van der Waals surface area contributed by atoms with Gasteiger partial charge >= 0.3 is 11.9 Å². The lowest BCUT2D eigenvalue weighted by molar-refractivity contribution is -0.139. The summed E-state index contributed by atoms with van der Waals surface area (Å²) in [5.74, 6) is -4.40. The van der Waals surface area contributed by atoms with E-state index >= 15 is 0 Å². The number of rotatable bonds is 4. The number of hydrogen-bond donors (Lipinski definition) is 1. The summed E-state index contributed by atoms with van der Waals surface area (Å²) in [4.78, 5) is 27.1. The summed E-state index contributed by atoms with van der Waals surface area (Å²) in [6.45, 7) is 0. The Morgan fingerprint density at radius 3 is 2.29 bits per heavy atom. The van der Waals surface area contributed by atoms with Gasteiger partial charge in [0.2, 0.25) is 0 Å². The molecule has 1 unspecified atom stereocenters. The van der Waals surface area contributed by atoms with Crippen molar-refractivity contribution in [1.29, 1.82) is 10.5 Å². The number of nitrogens with two attached hydrogens (primary N) is 1. The van der Waals surface area contributed by atoms with E-state index < -0.39 is 34.9 Å². The fourth-order valence-electron chi connectivity index (χ4n) is 3.65. The molecule has 1 aliphatic rings. The molecule has 1 atom stereocenters. The number of anilines is 1. The Morgan fingerprint density at radius 1 is 1.15 bits per heavy atom. The van der Waals surface area contributed by atoms with E-state index in [1.54, 1.807) is 59.0 Å². The maximum absolute atomic E-state index is 14.8. The van der Waals surface area contributed by atoms with Crippen LogP contribution < -0.4 is 10.6 Å². The molecule has 2 aromatic rings. The first-order chi connectivity index (χ1) is 16.2. The molecule has 2 N–H and O–H groups in total. The van der Waals surface area contributed by atoms with Crippen LogP contribution >= 0.6 is 34.2 Å². The zero-order chi connectivity index (χ0) is 25.2. The molecule has 0 spiro atoms. The molecule has 11 heteroatoms. The summed E-state index contributed by atoms with van der Waals surface area (Å²) in [5.41, 5.74) is 5.34. The zero-order valence-electron chi connectivity index (χ0n) is 17.7. The number of ether oxygens (including phenoxy) is 2. The second kappa shape index (κ2) is 10.1. The number of nitriles is 2. The van der Waals surface area contributed by atoms with Crippen molar-refractivity contribution < 1.29 is 23.5 Å². The minimum atomic E-state index is -1.09. The average molecular weight is 593 g/mol. The Kier molecular flexibility index (Phi) is 7.44. The number of carbonyl (C=O) groups excluding carboxylic acids is 2. The van der Waals surface area contributed by atoms with Crippen molar-refractivity contribution in [2.75, 3.05) is 19.1 Å². The fourth-order valence-corrected chi connectivity index (χ4v) is 4.86. The molecule has 1 heterocycles. The van der Waals surface area contributed by atoms with Crippen LogP contribution in [0.5, 0.6) is 0 Å². The van der Waals surface area contributed by atoms with Gasteiger partial charge in [-0.05, 0) is 34.2 Å². The Labute approximate surface area is 212 Å². The van der Waals surface area contributed by atoms with E-state index in [4.69, 9.17) is 26.8 Å². The van der Waals surface area contributed by atoms with Gasteiger partial charge in [-0.2, -0.15) is 10.5 Å². The van der Waals surface area contributed by atoms with Crippen LogP contribution in [0.25, 0.3) is 0 Å². The van der Waals surface area contributed by atoms with Crippen LogP contribution in [0, 0.1) is 32.0 Å². The summed E-state index contributed by atoms with van der Waals surface area (Å²) < 4.78 is 24.9. The minimum absolute atomic E-state index is 0.116. The number of carbonyl (C=O) groups is 2. The molecule has 8 nitrogen and oxygen atoms in total. The number of hydrogen-bond acceptors (Lipinski definition) is 8. The number of esters is 2. The van der Waals surface area contributed by atoms with E-state index in [-0.39, 0.29) is 31.2 Å². The number of benzene rings is 2. The quantitative estimate of drug-likeness (QED) is 0.322. The molecule has 0 aromatic heterocycles. The van der Waals surface area contributed by atoms with Crippen molar-refractivity contribution in [2.24, 2.45) is 5.73 Å². The molecule has 0 radical (unpaired) electrons. The van der Waals surface area contributed by atoms with Crippen LogP contribution in [0.3, 0.4) is 0 Å². The summed E-state index contributed by atoms with van der Waals surface area (Å²) in [6.07, 6.45) is 0. The molecule has 34 heavy (non-hydrogen) atoms. The van der Waals surface area contributed by atoms with Gasteiger partial charge in [0.05, 0.1) is 48.1 Å². The van der Waals surface area contributed by atoms with Crippen molar-refractivity contribution >= 4 is 51.8 Å². The van der Waals surface area contributed by atoms with Gasteiger partial charge < -0.3 is 15.2 Å². The van der Waals surface area contributed by atoms with Gasteiger partial charge in [0.15, 0.2) is 5.82 Å². The zero-order valence-corrected chi connectivity index (χ0v) is 20.6. The molecule has 1 aliphatic heterocycles. The smallest absolute Gasteiger partial charge is 0.355 e. The highest BCUT2D eigenvalue weighted by molar-refractivity contribution is 14.1. The van der Waals surface area contributed by atoms with Crippen LogP contribution in [0.15, 0.2) is 59.1 Å². The number of allylic oxidation sites excluding steroid dienone is 1. The minimum Gasteiger partial charge on any atom is -0.466 e. The predicted octanol–water partition coefficient (Wildman–Crippen LogP) is 3.85. The van der Waals surface area contributed by atoms with E-state index in [1.165, 1.54) is 6.07 Å². The summed E-state index contributed by atoms with van der Waals surface area (Å²) in [6, 6.07) is 13.3. The van der Waals surface area contributed by atoms with Gasteiger partial charge in [-0.15, -0.1) is 0 Å². The van der Waals surface area contributed by atoms with Crippen LogP contribution in [-0.4, -0.2) is 26.2 Å². The second-order valence-electron chi connectivity index (χ2n) is 6.82. The monoisotopic (exact) mass is 592 g/mol. The first kappa shape index (κ1) is 25.0. The van der Waals surface area contributed by atoms with E-state index in [1.807, 2.05) is 6.07 Å². The highest BCUT2D eigenvalue weighted by Gasteiger charge is 2.44. The van der Waals surface area contributed by atoms with E-state index in [2.05, 4.69) is 0 Å². The van der Waals surface area contributed by atoms with Gasteiger partial charge in [-0.3, -0.25) is 4.90 Å². The first-order valence-corrected chi connectivity index (χ1v) is 10.9. The maximum atomic E-state index is 14.8. The molecule has 0 saturated heterocycles. The topological polar surface area (TPSA) is 129 Å². The lowest BCUT2D eigenvalue weighted by Gasteiger charge is -2.36. The van der Waals surface area contributed by atoms with E-state index in [9.17, 15) is 24.5 Å². The van der Waals surface area contributed by atoms with Crippen molar-refractivity contribution in [1.82, 2.24) is 0 Å². The Hall–Kier alpha value is -3.61. The number of methoxy groups -OCH3 is 2. The Bertz CT molecular complexity index is 1350. The molecule has 0 fully saturated rings. The standard InChI is InChI=1S/C23H15ClFIN4O4/c1-33-22(31)17-16(11-6-4-3-5-7-11)12(9-27)21(29)30(20(17)23(32)34-2)19-13(10-28)18(25)14(24)8-15(19)26/h3-8,16H,29H2,1-2H3. The highest BCUT2D eigenvalue weighted by Crippen LogP contribution is 2.45. The molecule has 3 rings (SSSR count). The van der Waals surface area contributed by atoms with Crippen molar-refractivity contribution in [3.8, 4) is 12.1 Å². The molecular formula is C23H15ClFIN4O4. The molecule has 0 bridgehead atoms. The maximum Gasteiger partial charge on any atom is 0.355 e. The number of nitrogens with zero attached hydrogens (tertiary/aromatic N) is 3. The van der Waals surface area contributed by atoms with E-state index in [0.717, 1.165) is 19.1 Å². The first-order valence-electron chi connectivity index (χ1n) is 9.46. The summed E-state index contributed by atoms with van der Waals surface area (Å²) >= 11 is 7.69. The van der Waals surface area contributed by atoms with Crippen LogP contribution in [0.4, 0.5) is 10.1 Å². The largest absolute Gasteiger partial charge is 0.466 e. The molecular weight excluding hydrogens is 578 g/mol. The lowest BCUT2D eigenvalue weighted by atomic mass is 9.80. The van der Waals surface area contributed by atoms with Crippen LogP contribution in [0.2, 0.25) is 5.02 Å². The van der Waals surface area contributed by atoms with Crippen molar-refractivity contribution in [2.45, 2.75) is 5.92 Å². The van der Waals surface area contributed by atoms with Gasteiger partial charge in [0.25, 0.3) is 0 Å². The van der Waals surface area contributed by atoms with Gasteiger partial charge in [0.1, 0.15) is 23.2 Å². The lowest BCUT2D eigenvalue weighted by Crippen LogP contribution is -2.41. The predicted molar refractivity (Wildman–Crippen MR) is 128 cm³/mol. The van der Waals surface area contributed by atoms with Gasteiger partial charge in [-0.1, -0.05) is 41.9 Å². The summed E-state index contributed by atoms with van der Waals surface area (Å²) in [5, 5.41) is 19.4. The average Bonchev–Trinajstić information content (AvgIpc) is 2.85.